The second kappa shape index (κ2) is 7.46. The van der Waals surface area contributed by atoms with Crippen LogP contribution in [-0.2, 0) is 4.79 Å². The van der Waals surface area contributed by atoms with Crippen LogP contribution in [0.15, 0.2) is 30.3 Å². The van der Waals surface area contributed by atoms with Crippen LogP contribution in [0.25, 0.3) is 0 Å². The van der Waals surface area contributed by atoms with E-state index in [2.05, 4.69) is 11.4 Å². The van der Waals surface area contributed by atoms with E-state index < -0.39 is 6.04 Å². The molecular formula is C14H19N3O. The molecule has 0 saturated carbocycles. The lowest BCUT2D eigenvalue weighted by Crippen LogP contribution is -2.38. The summed E-state index contributed by atoms with van der Waals surface area (Å²) in [7, 11) is 0. The smallest absolute Gasteiger partial charge is 0.235 e. The number of nitriles is 1. The zero-order valence-electron chi connectivity index (χ0n) is 10.9. The molecule has 1 aromatic rings. The molecule has 0 aliphatic heterocycles. The third-order valence-electron chi connectivity index (χ3n) is 2.83. The highest BCUT2D eigenvalue weighted by Gasteiger charge is 2.14. The van der Waals surface area contributed by atoms with Crippen LogP contribution >= 0.6 is 0 Å². The van der Waals surface area contributed by atoms with Crippen molar-refractivity contribution in [2.45, 2.75) is 19.9 Å². The van der Waals surface area contributed by atoms with Crippen LogP contribution in [0.4, 0.5) is 0 Å². The van der Waals surface area contributed by atoms with Gasteiger partial charge in [0.25, 0.3) is 0 Å². The summed E-state index contributed by atoms with van der Waals surface area (Å²) in [5, 5.41) is 11.8. The van der Waals surface area contributed by atoms with E-state index in [-0.39, 0.29) is 5.91 Å². The molecule has 1 amide bonds. The molecule has 1 atom stereocenters. The quantitative estimate of drug-likeness (QED) is 0.830. The van der Waals surface area contributed by atoms with Gasteiger partial charge >= 0.3 is 0 Å². The summed E-state index contributed by atoms with van der Waals surface area (Å²) in [5.41, 5.74) is 0.813. The minimum absolute atomic E-state index is 0.117. The average molecular weight is 245 g/mol. The highest BCUT2D eigenvalue weighted by Crippen LogP contribution is 2.10. The van der Waals surface area contributed by atoms with E-state index in [0.717, 1.165) is 18.7 Å². The largest absolute Gasteiger partial charge is 0.336 e. The van der Waals surface area contributed by atoms with E-state index in [9.17, 15) is 4.79 Å². The molecule has 0 saturated heterocycles. The van der Waals surface area contributed by atoms with E-state index in [1.165, 1.54) is 0 Å². The Morgan fingerprint density at radius 1 is 1.33 bits per heavy atom. The number of nitrogens with one attached hydrogen (secondary N) is 1. The normalized spacial score (nSPS) is 11.9. The number of nitrogens with zero attached hydrogens (tertiary/aromatic N) is 2. The summed E-state index contributed by atoms with van der Waals surface area (Å²) in [4.78, 5) is 13.8. The Morgan fingerprint density at radius 3 is 2.44 bits per heavy atom. The number of rotatable bonds is 6. The molecule has 0 fully saturated rings. The van der Waals surface area contributed by atoms with Gasteiger partial charge in [0.2, 0.25) is 5.91 Å². The first-order chi connectivity index (χ1) is 8.71. The van der Waals surface area contributed by atoms with Crippen molar-refractivity contribution in [3.8, 4) is 6.07 Å². The molecule has 1 unspecified atom stereocenters. The molecule has 0 spiro atoms. The Hall–Kier alpha value is -1.86. The summed E-state index contributed by atoms with van der Waals surface area (Å²) in [6.07, 6.45) is 0. The maximum Gasteiger partial charge on any atom is 0.235 e. The molecule has 0 aliphatic carbocycles. The van der Waals surface area contributed by atoms with Gasteiger partial charge in [-0.2, -0.15) is 5.26 Å². The van der Waals surface area contributed by atoms with Crippen molar-refractivity contribution in [3.05, 3.63) is 35.9 Å². The molecule has 1 N–H and O–H groups in total. The maximum absolute atomic E-state index is 11.8. The highest BCUT2D eigenvalue weighted by atomic mass is 16.2. The lowest BCUT2D eigenvalue weighted by molar-refractivity contribution is -0.122. The van der Waals surface area contributed by atoms with Crippen LogP contribution in [0.3, 0.4) is 0 Å². The van der Waals surface area contributed by atoms with Gasteiger partial charge in [0.05, 0.1) is 12.6 Å². The third-order valence-corrected chi connectivity index (χ3v) is 2.83. The van der Waals surface area contributed by atoms with E-state index in [1.54, 1.807) is 0 Å². The average Bonchev–Trinajstić information content (AvgIpc) is 2.43. The minimum atomic E-state index is -0.575. The second-order valence-corrected chi connectivity index (χ2v) is 4.00. The summed E-state index contributed by atoms with van der Waals surface area (Å²) in [5.74, 6) is -0.117. The summed E-state index contributed by atoms with van der Waals surface area (Å²) >= 11 is 0. The Kier molecular flexibility index (Phi) is 5.89. The van der Waals surface area contributed by atoms with Crippen LogP contribution < -0.4 is 5.32 Å². The van der Waals surface area contributed by atoms with Gasteiger partial charge in [0.1, 0.15) is 6.04 Å². The Morgan fingerprint density at radius 2 is 1.94 bits per heavy atom. The number of hydrogen-bond donors (Lipinski definition) is 1. The fourth-order valence-corrected chi connectivity index (χ4v) is 1.69. The highest BCUT2D eigenvalue weighted by molar-refractivity contribution is 5.78. The van der Waals surface area contributed by atoms with Gasteiger partial charge < -0.3 is 5.32 Å². The van der Waals surface area contributed by atoms with E-state index >= 15 is 0 Å². The number of carbonyl (C=O) groups excluding carboxylic acids is 1. The molecule has 0 radical (unpaired) electrons. The molecule has 18 heavy (non-hydrogen) atoms. The summed E-state index contributed by atoms with van der Waals surface area (Å²) < 4.78 is 0. The fourth-order valence-electron chi connectivity index (χ4n) is 1.69. The Bertz CT molecular complexity index is 407. The molecule has 4 nitrogen and oxygen atoms in total. The van der Waals surface area contributed by atoms with Gasteiger partial charge in [0.15, 0.2) is 0 Å². The van der Waals surface area contributed by atoms with Crippen LogP contribution in [0.2, 0.25) is 0 Å². The Balaban J connectivity index is 2.60. The summed E-state index contributed by atoms with van der Waals surface area (Å²) in [6.45, 7) is 6.00. The van der Waals surface area contributed by atoms with Crippen molar-refractivity contribution in [1.82, 2.24) is 10.2 Å². The first-order valence-corrected chi connectivity index (χ1v) is 6.17. The SMILES string of the molecule is CCN(CC)CC(=O)NC(C#N)c1ccccc1. The lowest BCUT2D eigenvalue weighted by atomic mass is 10.1. The molecule has 4 heteroatoms. The van der Waals surface area contributed by atoms with Gasteiger partial charge in [-0.05, 0) is 18.7 Å². The maximum atomic E-state index is 11.8. The standard InChI is InChI=1S/C14H19N3O/c1-3-17(4-2)11-14(18)16-13(10-15)12-8-6-5-7-9-12/h5-9,13H,3-4,11H2,1-2H3,(H,16,18). The molecule has 96 valence electrons. The van der Waals surface area contributed by atoms with Gasteiger partial charge in [-0.1, -0.05) is 44.2 Å². The molecular weight excluding hydrogens is 226 g/mol. The first-order valence-electron chi connectivity index (χ1n) is 6.17. The van der Waals surface area contributed by atoms with Gasteiger partial charge in [0, 0.05) is 0 Å². The van der Waals surface area contributed by atoms with Gasteiger partial charge in [-0.15, -0.1) is 0 Å². The van der Waals surface area contributed by atoms with Crippen molar-refractivity contribution < 1.29 is 4.79 Å². The molecule has 0 aliphatic rings. The number of hydrogen-bond acceptors (Lipinski definition) is 3. The van der Waals surface area contributed by atoms with Gasteiger partial charge in [-0.3, -0.25) is 9.69 Å². The van der Waals surface area contributed by atoms with Gasteiger partial charge in [-0.25, -0.2) is 0 Å². The summed E-state index contributed by atoms with van der Waals surface area (Å²) in [6, 6.07) is 10.8. The van der Waals surface area contributed by atoms with Crippen molar-refractivity contribution >= 4 is 5.91 Å². The van der Waals surface area contributed by atoms with Crippen molar-refractivity contribution in [2.75, 3.05) is 19.6 Å². The monoisotopic (exact) mass is 245 g/mol. The van der Waals surface area contributed by atoms with Crippen LogP contribution in [-0.4, -0.2) is 30.4 Å². The second-order valence-electron chi connectivity index (χ2n) is 4.00. The first kappa shape index (κ1) is 14.2. The predicted molar refractivity (Wildman–Crippen MR) is 70.7 cm³/mol. The predicted octanol–water partition coefficient (Wildman–Crippen LogP) is 1.71. The van der Waals surface area contributed by atoms with E-state index in [4.69, 9.17) is 5.26 Å². The minimum Gasteiger partial charge on any atom is -0.336 e. The molecule has 1 rings (SSSR count). The zero-order chi connectivity index (χ0) is 13.4. The van der Waals surface area contributed by atoms with E-state index in [0.29, 0.717) is 6.54 Å². The van der Waals surface area contributed by atoms with Crippen LogP contribution in [0.5, 0.6) is 0 Å². The number of benzene rings is 1. The fraction of sp³-hybridized carbons (Fsp3) is 0.429. The zero-order valence-corrected chi connectivity index (χ0v) is 10.9. The van der Waals surface area contributed by atoms with Crippen molar-refractivity contribution in [2.24, 2.45) is 0 Å². The third kappa shape index (κ3) is 4.19. The molecule has 0 bridgehead atoms. The topological polar surface area (TPSA) is 56.1 Å². The lowest BCUT2D eigenvalue weighted by Gasteiger charge is -2.19. The van der Waals surface area contributed by atoms with Crippen LogP contribution in [0, 0.1) is 11.3 Å². The van der Waals surface area contributed by atoms with E-state index in [1.807, 2.05) is 49.1 Å². The van der Waals surface area contributed by atoms with Crippen LogP contribution in [0.1, 0.15) is 25.5 Å². The number of amides is 1. The molecule has 0 heterocycles. The number of likely N-dealkylation sites (N-methyl/N-ethyl adjacent to an activating group) is 1. The molecule has 1 aromatic carbocycles. The Labute approximate surface area is 108 Å². The number of carbonyl (C=O) groups is 1. The molecule has 0 aromatic heterocycles. The van der Waals surface area contributed by atoms with Crippen molar-refractivity contribution in [1.29, 1.82) is 5.26 Å². The van der Waals surface area contributed by atoms with Crippen molar-refractivity contribution in [3.63, 3.8) is 0 Å².